The van der Waals surface area contributed by atoms with Crippen molar-refractivity contribution in [2.24, 2.45) is 5.92 Å². The molecule has 0 spiro atoms. The Morgan fingerprint density at radius 3 is 2.35 bits per heavy atom. The van der Waals surface area contributed by atoms with Gasteiger partial charge in [-0.3, -0.25) is 4.90 Å². The van der Waals surface area contributed by atoms with Crippen molar-refractivity contribution >= 4 is 21.4 Å². The Hall–Kier alpha value is -4.02. The minimum Gasteiger partial charge on any atom is -0.508 e. The number of phenols is 2. The predicted octanol–water partition coefficient (Wildman–Crippen LogP) is 6.85. The second kappa shape index (κ2) is 12.9. The number of rotatable bonds is 12. The lowest BCUT2D eigenvalue weighted by Crippen LogP contribution is -2.36. The van der Waals surface area contributed by atoms with Crippen molar-refractivity contribution in [1.29, 1.82) is 0 Å². The fourth-order valence-electron chi connectivity index (χ4n) is 4.99. The summed E-state index contributed by atoms with van der Waals surface area (Å²) in [7, 11) is 0. The first-order valence-electron chi connectivity index (χ1n) is 13.4. The fourth-order valence-corrected chi connectivity index (χ4v) is 6.16. The number of aromatic hydroxyl groups is 2. The Morgan fingerprint density at radius 2 is 1.62 bits per heavy atom. The van der Waals surface area contributed by atoms with Gasteiger partial charge in [0.25, 0.3) is 5.09 Å². The van der Waals surface area contributed by atoms with Gasteiger partial charge in [0.2, 0.25) is 0 Å². The van der Waals surface area contributed by atoms with Crippen LogP contribution < -0.4 is 9.47 Å². The molecule has 1 fully saturated rings. The number of hydrogen-bond donors (Lipinski definition) is 2. The van der Waals surface area contributed by atoms with Gasteiger partial charge in [0.15, 0.2) is 5.75 Å². The highest BCUT2D eigenvalue weighted by atomic mass is 32.1. The zero-order valence-electron chi connectivity index (χ0n) is 22.0. The summed E-state index contributed by atoms with van der Waals surface area (Å²) in [6.07, 6.45) is 3.87. The van der Waals surface area contributed by atoms with Gasteiger partial charge < -0.3 is 24.5 Å². The van der Waals surface area contributed by atoms with Gasteiger partial charge in [-0.2, -0.15) is 0 Å². The van der Waals surface area contributed by atoms with E-state index in [0.717, 1.165) is 71.6 Å². The van der Waals surface area contributed by atoms with Crippen LogP contribution >= 0.6 is 11.3 Å². The molecule has 40 heavy (non-hydrogen) atoms. The van der Waals surface area contributed by atoms with E-state index in [0.29, 0.717) is 24.0 Å². The molecule has 0 aliphatic carbocycles. The topological polar surface area (TPSA) is 115 Å². The summed E-state index contributed by atoms with van der Waals surface area (Å²) in [5.41, 5.74) is 0.918. The zero-order chi connectivity index (χ0) is 27.9. The van der Waals surface area contributed by atoms with E-state index in [1.165, 1.54) is 11.3 Å². The smallest absolute Gasteiger partial charge is 0.294 e. The summed E-state index contributed by atoms with van der Waals surface area (Å²) in [5.74, 6) is 3.14. The lowest BCUT2D eigenvalue weighted by atomic mass is 9.92. The van der Waals surface area contributed by atoms with Crippen LogP contribution in [0.5, 0.6) is 28.7 Å². The van der Waals surface area contributed by atoms with Gasteiger partial charge in [-0.25, -0.2) is 0 Å². The largest absolute Gasteiger partial charge is 0.508 e. The lowest BCUT2D eigenvalue weighted by molar-refractivity contribution is -0.757. The third-order valence-corrected chi connectivity index (χ3v) is 8.32. The average molecular weight is 565 g/mol. The van der Waals surface area contributed by atoms with Crippen LogP contribution in [0.3, 0.4) is 0 Å². The SMILES string of the molecule is O=[N+]([O-])OCCCC1CCN(CCOc2ccc(Oc3c(-c4ccc(O)cc4)sc4cc(O)ccc34)cc2)CC1. The first-order chi connectivity index (χ1) is 19.4. The number of thiophene rings is 1. The molecule has 1 aromatic heterocycles. The molecular weight excluding hydrogens is 532 g/mol. The molecule has 10 heteroatoms. The number of benzene rings is 3. The molecule has 0 bridgehead atoms. The summed E-state index contributed by atoms with van der Waals surface area (Å²) < 4.78 is 13.3. The summed E-state index contributed by atoms with van der Waals surface area (Å²) in [5, 5.41) is 30.1. The number of piperidine rings is 1. The lowest BCUT2D eigenvalue weighted by Gasteiger charge is -2.31. The van der Waals surface area contributed by atoms with E-state index in [1.807, 2.05) is 42.5 Å². The molecule has 9 nitrogen and oxygen atoms in total. The molecule has 2 heterocycles. The summed E-state index contributed by atoms with van der Waals surface area (Å²) in [6, 6.07) is 19.8. The third kappa shape index (κ3) is 7.13. The molecule has 0 unspecified atom stereocenters. The van der Waals surface area contributed by atoms with E-state index in [-0.39, 0.29) is 18.1 Å². The van der Waals surface area contributed by atoms with Crippen LogP contribution in [0.4, 0.5) is 0 Å². The van der Waals surface area contributed by atoms with Crippen molar-refractivity contribution in [2.45, 2.75) is 25.7 Å². The maximum Gasteiger partial charge on any atom is 0.294 e. The Kier molecular flexibility index (Phi) is 8.87. The molecule has 1 aliphatic heterocycles. The molecule has 5 rings (SSSR count). The zero-order valence-corrected chi connectivity index (χ0v) is 22.8. The van der Waals surface area contributed by atoms with Crippen LogP contribution in [-0.2, 0) is 4.84 Å². The standard InChI is InChI=1S/C30H32N2O7S/c33-23-5-3-22(4-6-23)30-29(27-12-7-24(34)20-28(27)40-30)39-26-10-8-25(9-11-26)37-19-17-31-15-13-21(14-16-31)2-1-18-38-32(35)36/h3-12,20-21,33-34H,1-2,13-19H2. The van der Waals surface area contributed by atoms with Gasteiger partial charge >= 0.3 is 0 Å². The Balaban J connectivity index is 1.14. The Morgan fingerprint density at radius 1 is 0.925 bits per heavy atom. The number of likely N-dealkylation sites (tertiary alicyclic amines) is 1. The van der Waals surface area contributed by atoms with Crippen molar-refractivity contribution in [3.63, 3.8) is 0 Å². The summed E-state index contributed by atoms with van der Waals surface area (Å²) in [4.78, 5) is 18.0. The van der Waals surface area contributed by atoms with Crippen LogP contribution in [0.25, 0.3) is 20.5 Å². The quantitative estimate of drug-likeness (QED) is 0.109. The number of nitrogens with zero attached hydrogens (tertiary/aromatic N) is 2. The maximum absolute atomic E-state index is 10.2. The number of fused-ring (bicyclic) bond motifs is 1. The predicted molar refractivity (Wildman–Crippen MR) is 154 cm³/mol. The van der Waals surface area contributed by atoms with Gasteiger partial charge in [0.05, 0.1) is 11.5 Å². The van der Waals surface area contributed by atoms with Crippen molar-refractivity contribution in [3.05, 3.63) is 76.8 Å². The van der Waals surface area contributed by atoms with E-state index in [9.17, 15) is 20.3 Å². The summed E-state index contributed by atoms with van der Waals surface area (Å²) >= 11 is 1.52. The molecule has 4 aromatic rings. The van der Waals surface area contributed by atoms with Crippen LogP contribution in [0.2, 0.25) is 0 Å². The molecule has 3 aromatic carbocycles. The van der Waals surface area contributed by atoms with Crippen molar-refractivity contribution in [1.82, 2.24) is 4.90 Å². The summed E-state index contributed by atoms with van der Waals surface area (Å²) in [6.45, 7) is 3.63. The normalized spacial score (nSPS) is 14.3. The molecular formula is C30H32N2O7S. The Labute approximate surface area is 236 Å². The maximum atomic E-state index is 10.2. The second-order valence-electron chi connectivity index (χ2n) is 9.89. The van der Waals surface area contributed by atoms with Crippen LogP contribution in [0.15, 0.2) is 66.7 Å². The van der Waals surface area contributed by atoms with Gasteiger partial charge in [0, 0.05) is 16.6 Å². The van der Waals surface area contributed by atoms with E-state index in [4.69, 9.17) is 9.47 Å². The van der Waals surface area contributed by atoms with Gasteiger partial charge in [-0.05, 0) is 117 Å². The monoisotopic (exact) mass is 564 g/mol. The molecule has 1 aliphatic rings. The first-order valence-corrected chi connectivity index (χ1v) is 14.2. The third-order valence-electron chi connectivity index (χ3n) is 7.14. The van der Waals surface area contributed by atoms with E-state index >= 15 is 0 Å². The van der Waals surface area contributed by atoms with Crippen LogP contribution in [-0.4, -0.2) is 53.0 Å². The van der Waals surface area contributed by atoms with E-state index < -0.39 is 5.09 Å². The van der Waals surface area contributed by atoms with Crippen LogP contribution in [0.1, 0.15) is 25.7 Å². The molecule has 0 saturated carbocycles. The van der Waals surface area contributed by atoms with Crippen LogP contribution in [0, 0.1) is 16.0 Å². The van der Waals surface area contributed by atoms with Crippen molar-refractivity contribution in [2.75, 3.05) is 32.8 Å². The van der Waals surface area contributed by atoms with Gasteiger partial charge in [-0.1, -0.05) is 0 Å². The first kappa shape index (κ1) is 27.5. The number of phenolic OH excluding ortho intramolecular Hbond substituents is 2. The number of ether oxygens (including phenoxy) is 2. The minimum absolute atomic E-state index is 0.179. The fraction of sp³-hybridized carbons (Fsp3) is 0.333. The molecule has 2 N–H and O–H groups in total. The van der Waals surface area contributed by atoms with Crippen molar-refractivity contribution in [3.8, 4) is 39.2 Å². The minimum atomic E-state index is -0.725. The molecule has 210 valence electrons. The van der Waals surface area contributed by atoms with E-state index in [2.05, 4.69) is 9.74 Å². The highest BCUT2D eigenvalue weighted by Gasteiger charge is 2.19. The van der Waals surface area contributed by atoms with Gasteiger partial charge in [-0.15, -0.1) is 21.5 Å². The number of hydrogen-bond acceptors (Lipinski definition) is 9. The highest BCUT2D eigenvalue weighted by molar-refractivity contribution is 7.22. The second-order valence-corrected chi connectivity index (χ2v) is 10.9. The Bertz CT molecular complexity index is 1410. The van der Waals surface area contributed by atoms with Gasteiger partial charge in [0.1, 0.15) is 29.6 Å². The van der Waals surface area contributed by atoms with E-state index in [1.54, 1.807) is 24.3 Å². The molecule has 1 saturated heterocycles. The average Bonchev–Trinajstić information content (AvgIpc) is 3.30. The molecule has 0 amide bonds. The molecule has 0 radical (unpaired) electrons. The molecule has 0 atom stereocenters. The van der Waals surface area contributed by atoms with Crippen molar-refractivity contribution < 1.29 is 29.6 Å². The highest BCUT2D eigenvalue weighted by Crippen LogP contribution is 2.47.